The summed E-state index contributed by atoms with van der Waals surface area (Å²) in [6, 6.07) is 13.0. The first-order chi connectivity index (χ1) is 12.5. The lowest BCUT2D eigenvalue weighted by Gasteiger charge is -2.07. The monoisotopic (exact) mass is 371 g/mol. The summed E-state index contributed by atoms with van der Waals surface area (Å²) in [6.45, 7) is 0.517. The number of fused-ring (bicyclic) bond motifs is 1. The number of nitrogens with one attached hydrogen (secondary N) is 1. The predicted molar refractivity (Wildman–Crippen MR) is 104 cm³/mol. The van der Waals surface area contributed by atoms with Gasteiger partial charge in [0.05, 0.1) is 17.6 Å². The molecule has 0 unspecified atom stereocenters. The van der Waals surface area contributed by atoms with Crippen molar-refractivity contribution in [3.05, 3.63) is 64.1 Å². The summed E-state index contributed by atoms with van der Waals surface area (Å²) in [6.07, 6.45) is 0. The van der Waals surface area contributed by atoms with Crippen LogP contribution >= 0.6 is 11.8 Å². The molecule has 0 fully saturated rings. The Morgan fingerprint density at radius 1 is 1.08 bits per heavy atom. The minimum atomic E-state index is -0.147. The molecule has 0 aliphatic heterocycles. The molecule has 0 bridgehead atoms. The van der Waals surface area contributed by atoms with Crippen LogP contribution in [0.4, 0.5) is 0 Å². The van der Waals surface area contributed by atoms with Gasteiger partial charge in [-0.25, -0.2) is 4.79 Å². The number of aryl methyl sites for hydroxylation is 2. The van der Waals surface area contributed by atoms with Gasteiger partial charge in [0.15, 0.2) is 0 Å². The van der Waals surface area contributed by atoms with E-state index in [0.29, 0.717) is 17.9 Å². The molecule has 6 nitrogen and oxygen atoms in total. The summed E-state index contributed by atoms with van der Waals surface area (Å²) in [5.41, 5.74) is 3.16. The summed E-state index contributed by atoms with van der Waals surface area (Å²) >= 11 is 1.55. The number of amides is 1. The number of thioether (sulfide) groups is 1. The number of nitrogens with zero attached hydrogens (tertiary/aromatic N) is 2. The summed E-state index contributed by atoms with van der Waals surface area (Å²) in [7, 11) is 3.48. The summed E-state index contributed by atoms with van der Waals surface area (Å²) in [4.78, 5) is 25.3. The van der Waals surface area contributed by atoms with Gasteiger partial charge in [-0.2, -0.15) is 0 Å². The lowest BCUT2D eigenvalue weighted by Crippen LogP contribution is -2.22. The zero-order valence-electron chi connectivity index (χ0n) is 14.7. The molecule has 7 heteroatoms. The van der Waals surface area contributed by atoms with E-state index in [2.05, 4.69) is 5.32 Å². The number of aliphatic hydroxyl groups is 1. The molecule has 2 N–H and O–H groups in total. The fourth-order valence-corrected chi connectivity index (χ4v) is 3.47. The maximum absolute atomic E-state index is 12.3. The number of rotatable bonds is 6. The van der Waals surface area contributed by atoms with Crippen LogP contribution in [0.15, 0.2) is 52.2 Å². The first-order valence-corrected chi connectivity index (χ1v) is 9.26. The van der Waals surface area contributed by atoms with E-state index < -0.39 is 0 Å². The minimum absolute atomic E-state index is 0.0691. The average molecular weight is 371 g/mol. The Morgan fingerprint density at radius 2 is 1.77 bits per heavy atom. The molecule has 0 radical (unpaired) electrons. The third-order valence-electron chi connectivity index (χ3n) is 4.27. The fraction of sp³-hybridized carbons (Fsp3) is 0.263. The first-order valence-electron chi connectivity index (χ1n) is 8.27. The van der Waals surface area contributed by atoms with Crippen molar-refractivity contribution < 1.29 is 9.90 Å². The van der Waals surface area contributed by atoms with Gasteiger partial charge in [0.25, 0.3) is 5.91 Å². The predicted octanol–water partition coefficient (Wildman–Crippen LogP) is 1.89. The van der Waals surface area contributed by atoms with E-state index in [1.165, 1.54) is 0 Å². The third kappa shape index (κ3) is 3.68. The van der Waals surface area contributed by atoms with Gasteiger partial charge < -0.3 is 10.4 Å². The van der Waals surface area contributed by atoms with Gasteiger partial charge in [-0.1, -0.05) is 6.07 Å². The second-order valence-corrected chi connectivity index (χ2v) is 7.17. The van der Waals surface area contributed by atoms with Crippen molar-refractivity contribution >= 4 is 28.7 Å². The Morgan fingerprint density at radius 3 is 2.46 bits per heavy atom. The number of aromatic nitrogens is 2. The van der Waals surface area contributed by atoms with Crippen LogP contribution in [0.25, 0.3) is 11.0 Å². The number of imidazole rings is 1. The first kappa shape index (κ1) is 18.3. The Bertz CT molecular complexity index is 990. The third-order valence-corrected chi connectivity index (χ3v) is 5.26. The Balaban J connectivity index is 1.68. The van der Waals surface area contributed by atoms with Crippen molar-refractivity contribution in [1.82, 2.24) is 14.5 Å². The Hall–Kier alpha value is -2.51. The average Bonchev–Trinajstić information content (AvgIpc) is 2.89. The largest absolute Gasteiger partial charge is 0.396 e. The summed E-state index contributed by atoms with van der Waals surface area (Å²) in [5, 5.41) is 11.7. The number of carbonyl (C=O) groups excluding carboxylic acids is 1. The van der Waals surface area contributed by atoms with Gasteiger partial charge in [0.1, 0.15) is 0 Å². The molecule has 2 aromatic carbocycles. The van der Waals surface area contributed by atoms with E-state index in [-0.39, 0.29) is 18.2 Å². The molecule has 1 heterocycles. The lowest BCUT2D eigenvalue weighted by molar-refractivity contribution is 0.0951. The van der Waals surface area contributed by atoms with Crippen molar-refractivity contribution in [3.8, 4) is 0 Å². The van der Waals surface area contributed by atoms with Gasteiger partial charge in [-0.05, 0) is 42.0 Å². The van der Waals surface area contributed by atoms with E-state index in [1.54, 1.807) is 47.1 Å². The highest BCUT2D eigenvalue weighted by atomic mass is 32.2. The SMILES string of the molecule is Cn1c(=O)n(C)c2cc(CNC(=O)c3ccc(SCCO)cc3)ccc21. The molecule has 26 heavy (non-hydrogen) atoms. The zero-order valence-corrected chi connectivity index (χ0v) is 15.5. The second-order valence-electron chi connectivity index (χ2n) is 6.00. The fourth-order valence-electron chi connectivity index (χ4n) is 2.81. The van der Waals surface area contributed by atoms with Gasteiger partial charge in [-0.15, -0.1) is 11.8 Å². The molecule has 0 aliphatic carbocycles. The molecule has 3 rings (SSSR count). The normalized spacial score (nSPS) is 11.0. The minimum Gasteiger partial charge on any atom is -0.396 e. The number of aliphatic hydroxyl groups excluding tert-OH is 1. The van der Waals surface area contributed by atoms with Crippen molar-refractivity contribution in [3.63, 3.8) is 0 Å². The summed E-state index contributed by atoms with van der Waals surface area (Å²) < 4.78 is 3.21. The number of carbonyl (C=O) groups is 1. The molecule has 0 spiro atoms. The van der Waals surface area contributed by atoms with Gasteiger partial charge in [0.2, 0.25) is 0 Å². The molecule has 0 saturated heterocycles. The van der Waals surface area contributed by atoms with Crippen LogP contribution in [0.2, 0.25) is 0 Å². The maximum Gasteiger partial charge on any atom is 0.328 e. The molecule has 3 aromatic rings. The van der Waals surface area contributed by atoms with Crippen molar-refractivity contribution in [1.29, 1.82) is 0 Å². The van der Waals surface area contributed by atoms with Crippen LogP contribution in [0, 0.1) is 0 Å². The molecule has 0 aliphatic rings. The van der Waals surface area contributed by atoms with E-state index in [1.807, 2.05) is 30.3 Å². The standard InChI is InChI=1S/C19H21N3O3S/c1-21-16-8-3-13(11-17(16)22(2)19(21)25)12-20-18(24)14-4-6-15(7-5-14)26-10-9-23/h3-8,11,23H,9-10,12H2,1-2H3,(H,20,24). The quantitative estimate of drug-likeness (QED) is 0.649. The maximum atomic E-state index is 12.3. The van der Waals surface area contributed by atoms with Crippen LogP contribution in [0.1, 0.15) is 15.9 Å². The van der Waals surface area contributed by atoms with E-state index >= 15 is 0 Å². The van der Waals surface area contributed by atoms with Gasteiger partial charge in [0, 0.05) is 36.9 Å². The van der Waals surface area contributed by atoms with E-state index in [4.69, 9.17) is 5.11 Å². The number of hydrogen-bond acceptors (Lipinski definition) is 4. The van der Waals surface area contributed by atoms with Crippen LogP contribution in [0.5, 0.6) is 0 Å². The highest BCUT2D eigenvalue weighted by molar-refractivity contribution is 7.99. The molecular formula is C19H21N3O3S. The smallest absolute Gasteiger partial charge is 0.328 e. The lowest BCUT2D eigenvalue weighted by atomic mass is 10.1. The Labute approximate surface area is 155 Å². The van der Waals surface area contributed by atoms with Crippen LogP contribution in [0.3, 0.4) is 0 Å². The van der Waals surface area contributed by atoms with E-state index in [9.17, 15) is 9.59 Å². The molecule has 136 valence electrons. The zero-order chi connectivity index (χ0) is 18.7. The number of benzene rings is 2. The van der Waals surface area contributed by atoms with Gasteiger partial charge in [-0.3, -0.25) is 13.9 Å². The topological polar surface area (TPSA) is 76.3 Å². The molecular weight excluding hydrogens is 350 g/mol. The molecule has 1 amide bonds. The highest BCUT2D eigenvalue weighted by Crippen LogP contribution is 2.18. The van der Waals surface area contributed by atoms with Crippen LogP contribution < -0.4 is 11.0 Å². The number of hydrogen-bond donors (Lipinski definition) is 2. The van der Waals surface area contributed by atoms with Crippen LogP contribution in [-0.4, -0.2) is 32.5 Å². The van der Waals surface area contributed by atoms with Crippen molar-refractivity contribution in [2.75, 3.05) is 12.4 Å². The molecule has 0 saturated carbocycles. The van der Waals surface area contributed by atoms with Crippen LogP contribution in [-0.2, 0) is 20.6 Å². The summed E-state index contributed by atoms with van der Waals surface area (Å²) in [5.74, 6) is 0.487. The molecule has 1 aromatic heterocycles. The van der Waals surface area contributed by atoms with Crippen molar-refractivity contribution in [2.45, 2.75) is 11.4 Å². The highest BCUT2D eigenvalue weighted by Gasteiger charge is 2.09. The van der Waals surface area contributed by atoms with Gasteiger partial charge >= 0.3 is 5.69 Å². The van der Waals surface area contributed by atoms with Crippen molar-refractivity contribution in [2.24, 2.45) is 14.1 Å². The second kappa shape index (κ2) is 7.80. The molecule has 0 atom stereocenters. The van der Waals surface area contributed by atoms with E-state index in [0.717, 1.165) is 21.5 Å². The Kier molecular flexibility index (Phi) is 5.49.